The fourth-order valence-electron chi connectivity index (χ4n) is 1.99. The van der Waals surface area contributed by atoms with Gasteiger partial charge in [-0.3, -0.25) is 4.79 Å². The van der Waals surface area contributed by atoms with Crippen LogP contribution in [0.3, 0.4) is 0 Å². The molecule has 3 N–H and O–H groups in total. The minimum Gasteiger partial charge on any atom is -0.497 e. The Balaban J connectivity index is 2.16. The third-order valence-electron chi connectivity index (χ3n) is 3.22. The molecule has 24 heavy (non-hydrogen) atoms. The van der Waals surface area contributed by atoms with Crippen LogP contribution in [-0.2, 0) is 4.79 Å². The molecule has 0 spiro atoms. The molecule has 0 saturated carbocycles. The molecular weight excluding hydrogens is 330 g/mol. The van der Waals surface area contributed by atoms with Crippen LogP contribution in [0.15, 0.2) is 23.4 Å². The molecule has 1 amide bonds. The Morgan fingerprint density at radius 3 is 2.79 bits per heavy atom. The number of hydrogen-bond acceptors (Lipinski definition) is 7. The van der Waals surface area contributed by atoms with Crippen LogP contribution in [-0.4, -0.2) is 47.3 Å². The molecule has 0 atom stereocenters. The van der Waals surface area contributed by atoms with Crippen LogP contribution in [0.2, 0.25) is 0 Å². The van der Waals surface area contributed by atoms with E-state index in [1.807, 2.05) is 6.92 Å². The molecule has 0 unspecified atom stereocenters. The number of carbonyl (C=O) groups is 1. The highest BCUT2D eigenvalue weighted by atomic mass is 32.2. The molecule has 0 saturated heterocycles. The van der Waals surface area contributed by atoms with Gasteiger partial charge in [0.15, 0.2) is 5.82 Å². The first-order valence-electron chi connectivity index (χ1n) is 7.43. The highest BCUT2D eigenvalue weighted by Crippen LogP contribution is 2.32. The average molecular weight is 351 g/mol. The summed E-state index contributed by atoms with van der Waals surface area (Å²) in [5.74, 6) is 7.93. The molecule has 1 heterocycles. The molecular formula is C15H21N5O3S. The summed E-state index contributed by atoms with van der Waals surface area (Å²) in [5.41, 5.74) is 0.690. The number of nitrogens with one attached hydrogen (secondary N) is 1. The molecule has 2 rings (SSSR count). The van der Waals surface area contributed by atoms with E-state index < -0.39 is 0 Å². The molecule has 0 aliphatic heterocycles. The summed E-state index contributed by atoms with van der Waals surface area (Å²) in [5, 5.41) is 11.4. The van der Waals surface area contributed by atoms with Crippen molar-refractivity contribution in [3.05, 3.63) is 18.2 Å². The molecule has 0 fully saturated rings. The number of thioether (sulfide) groups is 1. The summed E-state index contributed by atoms with van der Waals surface area (Å²) in [4.78, 5) is 11.7. The molecule has 1 aromatic carbocycles. The summed E-state index contributed by atoms with van der Waals surface area (Å²) in [6.45, 7) is 2.65. The van der Waals surface area contributed by atoms with Crippen molar-refractivity contribution in [2.24, 2.45) is 0 Å². The Bertz CT molecular complexity index is 704. The molecule has 2 aromatic rings. The van der Waals surface area contributed by atoms with Crippen molar-refractivity contribution in [1.82, 2.24) is 20.2 Å². The van der Waals surface area contributed by atoms with Crippen molar-refractivity contribution in [2.45, 2.75) is 18.5 Å². The Labute approximate surface area is 144 Å². The third kappa shape index (κ3) is 4.10. The first-order chi connectivity index (χ1) is 11.6. The van der Waals surface area contributed by atoms with Crippen LogP contribution >= 0.6 is 11.8 Å². The smallest absolute Gasteiger partial charge is 0.230 e. The van der Waals surface area contributed by atoms with Crippen LogP contribution in [0.5, 0.6) is 11.5 Å². The lowest BCUT2D eigenvalue weighted by Crippen LogP contribution is -2.26. The number of amides is 1. The van der Waals surface area contributed by atoms with E-state index in [2.05, 4.69) is 15.5 Å². The van der Waals surface area contributed by atoms with Gasteiger partial charge in [-0.15, -0.1) is 10.2 Å². The number of hydrogen-bond donors (Lipinski definition) is 2. The van der Waals surface area contributed by atoms with Gasteiger partial charge in [0.05, 0.1) is 25.5 Å². The SMILES string of the molecule is CCCNC(=O)CSc1nnc(-c2ccc(OC)cc2OC)n1N. The second-order valence-electron chi connectivity index (χ2n) is 4.88. The lowest BCUT2D eigenvalue weighted by Gasteiger charge is -2.10. The Morgan fingerprint density at radius 2 is 2.12 bits per heavy atom. The van der Waals surface area contributed by atoms with Gasteiger partial charge in [0, 0.05) is 12.6 Å². The summed E-state index contributed by atoms with van der Waals surface area (Å²) < 4.78 is 11.9. The number of aromatic nitrogens is 3. The highest BCUT2D eigenvalue weighted by molar-refractivity contribution is 7.99. The summed E-state index contributed by atoms with van der Waals surface area (Å²) in [6.07, 6.45) is 0.894. The maximum atomic E-state index is 11.7. The van der Waals surface area contributed by atoms with Crippen LogP contribution < -0.4 is 20.6 Å². The molecule has 9 heteroatoms. The van der Waals surface area contributed by atoms with Crippen molar-refractivity contribution in [3.8, 4) is 22.9 Å². The molecule has 130 valence electrons. The number of methoxy groups -OCH3 is 2. The second-order valence-corrected chi connectivity index (χ2v) is 5.82. The van der Waals surface area contributed by atoms with Crippen LogP contribution in [0.4, 0.5) is 0 Å². The number of nitrogen functional groups attached to an aromatic ring is 1. The Hall–Kier alpha value is -2.42. The van der Waals surface area contributed by atoms with Crippen LogP contribution in [0.25, 0.3) is 11.4 Å². The Morgan fingerprint density at radius 1 is 1.33 bits per heavy atom. The van der Waals surface area contributed by atoms with Gasteiger partial charge in [-0.2, -0.15) is 0 Å². The second kappa shape index (κ2) is 8.44. The van der Waals surface area contributed by atoms with Gasteiger partial charge >= 0.3 is 0 Å². The maximum absolute atomic E-state index is 11.7. The molecule has 1 aromatic heterocycles. The number of benzene rings is 1. The standard InChI is InChI=1S/C15H21N5O3S/c1-4-7-17-13(21)9-24-15-19-18-14(20(15)16)11-6-5-10(22-2)8-12(11)23-3/h5-6,8H,4,7,9,16H2,1-3H3,(H,17,21). The van der Waals surface area contributed by atoms with Gasteiger partial charge in [-0.1, -0.05) is 18.7 Å². The summed E-state index contributed by atoms with van der Waals surface area (Å²) in [6, 6.07) is 5.33. The number of rotatable bonds is 8. The van der Waals surface area contributed by atoms with E-state index in [9.17, 15) is 4.79 Å². The van der Waals surface area contributed by atoms with Crippen LogP contribution in [0.1, 0.15) is 13.3 Å². The lowest BCUT2D eigenvalue weighted by molar-refractivity contribution is -0.118. The highest BCUT2D eigenvalue weighted by Gasteiger charge is 2.17. The Kier molecular flexibility index (Phi) is 6.30. The van der Waals surface area contributed by atoms with Crippen molar-refractivity contribution < 1.29 is 14.3 Å². The normalized spacial score (nSPS) is 10.5. The predicted octanol–water partition coefficient (Wildman–Crippen LogP) is 1.29. The van der Waals surface area contributed by atoms with Crippen LogP contribution in [0, 0.1) is 0 Å². The largest absolute Gasteiger partial charge is 0.497 e. The molecule has 8 nitrogen and oxygen atoms in total. The lowest BCUT2D eigenvalue weighted by atomic mass is 10.2. The van der Waals surface area contributed by atoms with Gasteiger partial charge in [0.1, 0.15) is 11.5 Å². The van der Waals surface area contributed by atoms with Crippen molar-refractivity contribution in [2.75, 3.05) is 32.4 Å². The number of carbonyl (C=O) groups excluding carboxylic acids is 1. The summed E-state index contributed by atoms with van der Waals surface area (Å²) in [7, 11) is 3.14. The van der Waals surface area contributed by atoms with Gasteiger partial charge in [0.2, 0.25) is 11.1 Å². The van der Waals surface area contributed by atoms with E-state index in [1.54, 1.807) is 32.4 Å². The van der Waals surface area contributed by atoms with E-state index in [-0.39, 0.29) is 11.7 Å². The average Bonchev–Trinajstić information content (AvgIpc) is 2.97. The number of ether oxygens (including phenoxy) is 2. The van der Waals surface area contributed by atoms with Gasteiger partial charge < -0.3 is 20.6 Å². The molecule has 0 aliphatic rings. The molecule has 0 bridgehead atoms. The predicted molar refractivity (Wildman–Crippen MR) is 92.7 cm³/mol. The fraction of sp³-hybridized carbons (Fsp3) is 0.400. The van der Waals surface area contributed by atoms with Gasteiger partial charge in [-0.05, 0) is 18.6 Å². The first-order valence-corrected chi connectivity index (χ1v) is 8.41. The van der Waals surface area contributed by atoms with Gasteiger partial charge in [0.25, 0.3) is 0 Å². The van der Waals surface area contributed by atoms with Crippen molar-refractivity contribution in [1.29, 1.82) is 0 Å². The third-order valence-corrected chi connectivity index (χ3v) is 4.16. The fourth-order valence-corrected chi connectivity index (χ4v) is 2.67. The van der Waals surface area contributed by atoms with E-state index in [4.69, 9.17) is 15.3 Å². The monoisotopic (exact) mass is 351 g/mol. The van der Waals surface area contributed by atoms with Crippen molar-refractivity contribution >= 4 is 17.7 Å². The zero-order valence-corrected chi connectivity index (χ0v) is 14.7. The number of nitrogens with zero attached hydrogens (tertiary/aromatic N) is 3. The number of nitrogens with two attached hydrogens (primary N) is 1. The zero-order valence-electron chi connectivity index (χ0n) is 13.9. The minimum absolute atomic E-state index is 0.0616. The topological polar surface area (TPSA) is 104 Å². The summed E-state index contributed by atoms with van der Waals surface area (Å²) >= 11 is 1.23. The first kappa shape index (κ1) is 17.9. The van der Waals surface area contributed by atoms with E-state index in [0.717, 1.165) is 6.42 Å². The quantitative estimate of drug-likeness (QED) is 0.545. The minimum atomic E-state index is -0.0616. The molecule has 0 radical (unpaired) electrons. The maximum Gasteiger partial charge on any atom is 0.230 e. The zero-order chi connectivity index (χ0) is 17.5. The molecule has 0 aliphatic carbocycles. The van der Waals surface area contributed by atoms with Crippen molar-refractivity contribution in [3.63, 3.8) is 0 Å². The van der Waals surface area contributed by atoms with E-state index in [0.29, 0.717) is 34.6 Å². The van der Waals surface area contributed by atoms with E-state index >= 15 is 0 Å². The van der Waals surface area contributed by atoms with E-state index in [1.165, 1.54) is 16.4 Å². The van der Waals surface area contributed by atoms with Gasteiger partial charge in [-0.25, -0.2) is 4.68 Å².